The topological polar surface area (TPSA) is 44.9 Å². The lowest BCUT2D eigenvalue weighted by molar-refractivity contribution is -0.121. The molecule has 2 aromatic carbocycles. The molecule has 0 spiro atoms. The minimum Gasteiger partial charge on any atom is -0.353 e. The molecule has 1 fully saturated rings. The van der Waals surface area contributed by atoms with Crippen LogP contribution < -0.4 is 5.32 Å². The summed E-state index contributed by atoms with van der Waals surface area (Å²) in [5.41, 5.74) is 1.91. The number of halogens is 1. The molecule has 3 nitrogen and oxygen atoms in total. The Balaban J connectivity index is 1.60. The highest BCUT2D eigenvalue weighted by atomic mass is 32.2. The van der Waals surface area contributed by atoms with E-state index in [4.69, 9.17) is 0 Å². The van der Waals surface area contributed by atoms with E-state index in [2.05, 4.69) is 10.3 Å². The van der Waals surface area contributed by atoms with E-state index in [1.54, 1.807) is 12.1 Å². The molecule has 1 heterocycles. The van der Waals surface area contributed by atoms with Crippen molar-refractivity contribution in [3.63, 3.8) is 0 Å². The maximum Gasteiger partial charge on any atom is 0.224 e. The van der Waals surface area contributed by atoms with Crippen LogP contribution in [0, 0.1) is 5.82 Å². The average Bonchev–Trinajstić information content (AvgIpc) is 3.02. The lowest BCUT2D eigenvalue weighted by Gasteiger charge is -2.22. The molecule has 27 heavy (non-hydrogen) atoms. The molecule has 140 valence electrons. The number of amides is 1. The number of hydrogen-bond donors (Lipinski definition) is 2. The van der Waals surface area contributed by atoms with Crippen molar-refractivity contribution in [3.8, 4) is 0 Å². The molecule has 1 saturated carbocycles. The van der Waals surface area contributed by atoms with Gasteiger partial charge in [0.25, 0.3) is 0 Å². The molecular formula is C22H23FN2OS. The Morgan fingerprint density at radius 2 is 1.81 bits per heavy atom. The molecule has 0 unspecified atom stereocenters. The molecule has 1 aliphatic rings. The van der Waals surface area contributed by atoms with Gasteiger partial charge in [0.15, 0.2) is 0 Å². The summed E-state index contributed by atoms with van der Waals surface area (Å²) < 4.78 is 14.1. The highest BCUT2D eigenvalue weighted by molar-refractivity contribution is 7.99. The van der Waals surface area contributed by atoms with Crippen LogP contribution in [0.3, 0.4) is 0 Å². The van der Waals surface area contributed by atoms with Gasteiger partial charge in [0.1, 0.15) is 5.82 Å². The van der Waals surface area contributed by atoms with Gasteiger partial charge in [-0.2, -0.15) is 0 Å². The van der Waals surface area contributed by atoms with E-state index < -0.39 is 0 Å². The number of rotatable bonds is 5. The molecule has 1 aliphatic carbocycles. The second-order valence-corrected chi connectivity index (χ2v) is 8.14. The third-order valence-electron chi connectivity index (χ3n) is 5.13. The van der Waals surface area contributed by atoms with Gasteiger partial charge < -0.3 is 10.3 Å². The number of fused-ring (bicyclic) bond motifs is 1. The van der Waals surface area contributed by atoms with Crippen molar-refractivity contribution in [2.24, 2.45) is 0 Å². The van der Waals surface area contributed by atoms with Crippen LogP contribution in [-0.2, 0) is 11.2 Å². The fraction of sp³-hybridized carbons (Fsp3) is 0.318. The number of aromatic nitrogens is 1. The number of hydrogen-bond acceptors (Lipinski definition) is 2. The molecule has 0 radical (unpaired) electrons. The predicted octanol–water partition coefficient (Wildman–Crippen LogP) is 5.45. The quantitative estimate of drug-likeness (QED) is 0.616. The lowest BCUT2D eigenvalue weighted by atomic mass is 9.95. The molecule has 0 aliphatic heterocycles. The van der Waals surface area contributed by atoms with Crippen molar-refractivity contribution in [2.75, 3.05) is 0 Å². The predicted molar refractivity (Wildman–Crippen MR) is 108 cm³/mol. The van der Waals surface area contributed by atoms with Crippen molar-refractivity contribution < 1.29 is 9.18 Å². The zero-order valence-electron chi connectivity index (χ0n) is 15.1. The summed E-state index contributed by atoms with van der Waals surface area (Å²) in [7, 11) is 0. The van der Waals surface area contributed by atoms with Crippen molar-refractivity contribution in [1.82, 2.24) is 10.3 Å². The van der Waals surface area contributed by atoms with E-state index >= 15 is 0 Å². The highest BCUT2D eigenvalue weighted by Crippen LogP contribution is 2.35. The lowest BCUT2D eigenvalue weighted by Crippen LogP contribution is -2.37. The van der Waals surface area contributed by atoms with Crippen molar-refractivity contribution in [1.29, 1.82) is 0 Å². The maximum absolute atomic E-state index is 14.1. The third-order valence-corrected chi connectivity index (χ3v) is 6.23. The normalized spacial score (nSPS) is 15.1. The number of para-hydroxylation sites is 1. The minimum absolute atomic E-state index is 0.0436. The molecule has 0 saturated heterocycles. The molecule has 3 aromatic rings. The van der Waals surface area contributed by atoms with E-state index in [-0.39, 0.29) is 11.7 Å². The van der Waals surface area contributed by atoms with Gasteiger partial charge in [0.05, 0.1) is 11.4 Å². The molecule has 0 bridgehead atoms. The maximum atomic E-state index is 14.1. The number of H-pyrrole nitrogens is 1. The van der Waals surface area contributed by atoms with Gasteiger partial charge in [-0.1, -0.05) is 61.4 Å². The fourth-order valence-corrected chi connectivity index (χ4v) is 4.76. The first-order valence-corrected chi connectivity index (χ1v) is 10.3. The molecule has 2 N–H and O–H groups in total. The van der Waals surface area contributed by atoms with E-state index in [1.807, 2.05) is 30.3 Å². The van der Waals surface area contributed by atoms with Crippen LogP contribution >= 0.6 is 11.8 Å². The Kier molecular flexibility index (Phi) is 5.48. The first-order chi connectivity index (χ1) is 13.2. The van der Waals surface area contributed by atoms with E-state index in [9.17, 15) is 9.18 Å². The van der Waals surface area contributed by atoms with E-state index in [0.29, 0.717) is 17.4 Å². The second kappa shape index (κ2) is 8.17. The van der Waals surface area contributed by atoms with Gasteiger partial charge in [-0.05, 0) is 31.0 Å². The zero-order chi connectivity index (χ0) is 18.6. The van der Waals surface area contributed by atoms with Crippen LogP contribution in [0.1, 0.15) is 37.7 Å². The Morgan fingerprint density at radius 3 is 2.63 bits per heavy atom. The number of carbonyl (C=O) groups is 1. The molecular weight excluding hydrogens is 359 g/mol. The molecule has 5 heteroatoms. The largest absolute Gasteiger partial charge is 0.353 e. The number of aromatic amines is 1. The molecule has 4 rings (SSSR count). The van der Waals surface area contributed by atoms with E-state index in [0.717, 1.165) is 34.3 Å². The Labute approximate surface area is 162 Å². The summed E-state index contributed by atoms with van der Waals surface area (Å²) in [6.45, 7) is 0. The second-order valence-electron chi connectivity index (χ2n) is 7.09. The number of benzene rings is 2. The summed E-state index contributed by atoms with van der Waals surface area (Å²) in [4.78, 5) is 16.6. The van der Waals surface area contributed by atoms with E-state index in [1.165, 1.54) is 37.1 Å². The van der Waals surface area contributed by atoms with Gasteiger partial charge >= 0.3 is 0 Å². The highest BCUT2D eigenvalue weighted by Gasteiger charge is 2.20. The first kappa shape index (κ1) is 18.1. The van der Waals surface area contributed by atoms with Gasteiger partial charge in [-0.3, -0.25) is 4.79 Å². The summed E-state index contributed by atoms with van der Waals surface area (Å²) in [6, 6.07) is 15.0. The summed E-state index contributed by atoms with van der Waals surface area (Å²) in [5, 5.41) is 5.04. The summed E-state index contributed by atoms with van der Waals surface area (Å²) in [5.74, 6) is -0.208. The SMILES string of the molecule is O=C(Cc1c(Sc2ccccc2F)[nH]c2ccccc12)NC1CCCCC1. The van der Waals surface area contributed by atoms with Crippen LogP contribution in [-0.4, -0.2) is 16.9 Å². The minimum atomic E-state index is -0.251. The molecule has 0 atom stereocenters. The van der Waals surface area contributed by atoms with Crippen LogP contribution in [0.2, 0.25) is 0 Å². The number of nitrogens with one attached hydrogen (secondary N) is 2. The monoisotopic (exact) mass is 382 g/mol. The standard InChI is InChI=1S/C22H23FN2OS/c23-18-11-5-7-13-20(18)27-22-17(16-10-4-6-12-19(16)25-22)14-21(26)24-15-8-2-1-3-9-15/h4-7,10-13,15,25H,1-3,8-9,14H2,(H,24,26). The van der Waals surface area contributed by atoms with Crippen molar-refractivity contribution in [3.05, 3.63) is 59.9 Å². The Hall–Kier alpha value is -2.27. The van der Waals surface area contributed by atoms with Gasteiger partial charge in [0, 0.05) is 27.4 Å². The fourth-order valence-electron chi connectivity index (χ4n) is 3.76. The zero-order valence-corrected chi connectivity index (χ0v) is 15.9. The number of carbonyl (C=O) groups excluding carboxylic acids is 1. The third kappa shape index (κ3) is 4.19. The molecule has 1 amide bonds. The smallest absolute Gasteiger partial charge is 0.224 e. The van der Waals surface area contributed by atoms with Crippen molar-refractivity contribution in [2.45, 2.75) is 54.5 Å². The summed E-state index contributed by atoms with van der Waals surface area (Å²) >= 11 is 1.34. The van der Waals surface area contributed by atoms with Crippen LogP contribution in [0.15, 0.2) is 58.5 Å². The molecule has 1 aromatic heterocycles. The van der Waals surface area contributed by atoms with Gasteiger partial charge in [-0.15, -0.1) is 0 Å². The Morgan fingerprint density at radius 1 is 1.07 bits per heavy atom. The van der Waals surface area contributed by atoms with Crippen molar-refractivity contribution >= 4 is 28.6 Å². The average molecular weight is 383 g/mol. The summed E-state index contributed by atoms with van der Waals surface area (Å²) in [6.07, 6.45) is 6.07. The van der Waals surface area contributed by atoms with Gasteiger partial charge in [-0.25, -0.2) is 4.39 Å². The first-order valence-electron chi connectivity index (χ1n) is 9.52. The Bertz CT molecular complexity index is 946. The van der Waals surface area contributed by atoms with Gasteiger partial charge in [0.2, 0.25) is 5.91 Å². The van der Waals surface area contributed by atoms with Crippen LogP contribution in [0.25, 0.3) is 10.9 Å². The van der Waals surface area contributed by atoms with Crippen LogP contribution in [0.4, 0.5) is 4.39 Å². The van der Waals surface area contributed by atoms with Crippen LogP contribution in [0.5, 0.6) is 0 Å².